The third kappa shape index (κ3) is 5.41. The molecular weight excluding hydrogens is 416 g/mol. The van der Waals surface area contributed by atoms with Crippen molar-refractivity contribution in [2.24, 2.45) is 0 Å². The van der Waals surface area contributed by atoms with Crippen LogP contribution in [0.25, 0.3) is 0 Å². The van der Waals surface area contributed by atoms with Crippen molar-refractivity contribution in [1.82, 2.24) is 4.31 Å². The number of likely N-dealkylation sites (N-methyl/N-ethyl adjacent to an activating group) is 2. The molecule has 158 valence electrons. The van der Waals surface area contributed by atoms with Gasteiger partial charge in [0.2, 0.25) is 15.9 Å². The molecule has 0 saturated heterocycles. The van der Waals surface area contributed by atoms with Crippen LogP contribution in [-0.2, 0) is 14.8 Å². The number of nitrogens with zero attached hydrogens (tertiary/aromatic N) is 2. The molecule has 2 aromatic rings. The van der Waals surface area contributed by atoms with Gasteiger partial charge in [0.15, 0.2) is 0 Å². The maximum Gasteiger partial charge on any atom is 0.243 e. The second-order valence-corrected chi connectivity index (χ2v) is 8.46. The number of benzene rings is 2. The predicted molar refractivity (Wildman–Crippen MR) is 113 cm³/mol. The van der Waals surface area contributed by atoms with Crippen LogP contribution in [-0.4, -0.2) is 52.5 Å². The van der Waals surface area contributed by atoms with Gasteiger partial charge in [0, 0.05) is 25.3 Å². The Labute approximate surface area is 176 Å². The highest BCUT2D eigenvalue weighted by atomic mass is 35.5. The lowest BCUT2D eigenvalue weighted by atomic mass is 10.2. The molecule has 0 saturated carbocycles. The fourth-order valence-electron chi connectivity index (χ4n) is 2.65. The smallest absolute Gasteiger partial charge is 0.243 e. The Balaban J connectivity index is 2.23. The fraction of sp³-hybridized carbons (Fsp3) is 0.350. The number of hydrogen-bond donors (Lipinski definition) is 0. The number of hydrogen-bond acceptors (Lipinski definition) is 5. The number of carbonyl (C=O) groups excluding carboxylic acids is 1. The van der Waals surface area contributed by atoms with Crippen molar-refractivity contribution in [2.75, 3.05) is 38.8 Å². The number of sulfonamides is 1. The summed E-state index contributed by atoms with van der Waals surface area (Å²) in [5.74, 6) is 0.636. The van der Waals surface area contributed by atoms with Gasteiger partial charge >= 0.3 is 0 Å². The second-order valence-electron chi connectivity index (χ2n) is 6.11. The third-order valence-corrected chi connectivity index (χ3v) is 6.53. The van der Waals surface area contributed by atoms with Gasteiger partial charge in [-0.2, -0.15) is 4.31 Å². The summed E-state index contributed by atoms with van der Waals surface area (Å²) >= 11 is 6.13. The van der Waals surface area contributed by atoms with Gasteiger partial charge in [-0.3, -0.25) is 4.79 Å². The van der Waals surface area contributed by atoms with E-state index in [-0.39, 0.29) is 28.9 Å². The molecule has 0 spiro atoms. The van der Waals surface area contributed by atoms with E-state index in [9.17, 15) is 13.2 Å². The van der Waals surface area contributed by atoms with Crippen LogP contribution in [0, 0.1) is 0 Å². The molecule has 0 aliphatic heterocycles. The van der Waals surface area contributed by atoms with Crippen LogP contribution in [0.1, 0.15) is 13.8 Å². The Kier molecular flexibility index (Phi) is 7.89. The monoisotopic (exact) mass is 440 g/mol. The molecule has 0 fully saturated rings. The molecular formula is C20H25ClN2O5S. The number of rotatable bonds is 9. The highest BCUT2D eigenvalue weighted by Crippen LogP contribution is 2.29. The first-order valence-electron chi connectivity index (χ1n) is 9.07. The topological polar surface area (TPSA) is 76.2 Å². The van der Waals surface area contributed by atoms with Crippen molar-refractivity contribution >= 4 is 33.2 Å². The Morgan fingerprint density at radius 1 is 1.14 bits per heavy atom. The summed E-state index contributed by atoms with van der Waals surface area (Å²) in [7, 11) is -0.783. The lowest BCUT2D eigenvalue weighted by Crippen LogP contribution is -2.41. The summed E-state index contributed by atoms with van der Waals surface area (Å²) in [6.45, 7) is 3.72. The van der Waals surface area contributed by atoms with E-state index in [1.165, 1.54) is 30.2 Å². The molecule has 2 rings (SSSR count). The molecule has 0 aliphatic carbocycles. The second kappa shape index (κ2) is 9.96. The lowest BCUT2D eigenvalue weighted by Gasteiger charge is -2.24. The molecule has 0 radical (unpaired) electrons. The minimum atomic E-state index is -3.91. The van der Waals surface area contributed by atoms with Gasteiger partial charge in [-0.25, -0.2) is 8.42 Å². The predicted octanol–water partition coefficient (Wildman–Crippen LogP) is 3.42. The highest BCUT2D eigenvalue weighted by Gasteiger charge is 2.27. The molecule has 0 N–H and O–H groups in total. The SMILES string of the molecule is CCOc1ccc(S(=O)(=O)N(CC)CC(=O)N(C)c2cccc(OC)c2)cc1Cl. The van der Waals surface area contributed by atoms with E-state index in [0.717, 1.165) is 4.31 Å². The zero-order valence-corrected chi connectivity index (χ0v) is 18.5. The number of methoxy groups -OCH3 is 1. The summed E-state index contributed by atoms with van der Waals surface area (Å²) in [6, 6.07) is 11.2. The van der Waals surface area contributed by atoms with Crippen molar-refractivity contribution in [1.29, 1.82) is 0 Å². The highest BCUT2D eigenvalue weighted by molar-refractivity contribution is 7.89. The average Bonchev–Trinajstić information content (AvgIpc) is 2.72. The molecule has 0 atom stereocenters. The van der Waals surface area contributed by atoms with Gasteiger partial charge < -0.3 is 14.4 Å². The lowest BCUT2D eigenvalue weighted by molar-refractivity contribution is -0.118. The van der Waals surface area contributed by atoms with Crippen LogP contribution in [0.15, 0.2) is 47.4 Å². The normalized spacial score (nSPS) is 11.4. The molecule has 0 unspecified atom stereocenters. The standard InChI is InChI=1S/C20H25ClN2O5S/c1-5-23(14-20(24)22(3)15-8-7-9-16(12-15)27-4)29(25,26)17-10-11-19(28-6-2)18(21)13-17/h7-13H,5-6,14H2,1-4H3. The Bertz CT molecular complexity index is 965. The van der Waals surface area contributed by atoms with Gasteiger partial charge in [-0.15, -0.1) is 0 Å². The van der Waals surface area contributed by atoms with Crippen LogP contribution < -0.4 is 14.4 Å². The van der Waals surface area contributed by atoms with Gasteiger partial charge in [0.25, 0.3) is 0 Å². The first-order chi connectivity index (χ1) is 13.7. The van der Waals surface area contributed by atoms with Crippen molar-refractivity contribution in [3.05, 3.63) is 47.5 Å². The maximum atomic E-state index is 13.0. The first kappa shape index (κ1) is 23.0. The molecule has 0 heterocycles. The summed E-state index contributed by atoms with van der Waals surface area (Å²) in [4.78, 5) is 14.1. The van der Waals surface area contributed by atoms with E-state index in [2.05, 4.69) is 0 Å². The molecule has 0 bridgehead atoms. The summed E-state index contributed by atoms with van der Waals surface area (Å²) in [6.07, 6.45) is 0. The zero-order chi connectivity index (χ0) is 21.6. The average molecular weight is 441 g/mol. The minimum absolute atomic E-state index is 0.00429. The molecule has 7 nitrogen and oxygen atoms in total. The van der Waals surface area contributed by atoms with Crippen LogP contribution in [0.4, 0.5) is 5.69 Å². The molecule has 29 heavy (non-hydrogen) atoms. The first-order valence-corrected chi connectivity index (χ1v) is 10.9. The fourth-order valence-corrected chi connectivity index (χ4v) is 4.38. The number of anilines is 1. The van der Waals surface area contributed by atoms with Gasteiger partial charge in [-0.1, -0.05) is 24.6 Å². The molecule has 9 heteroatoms. The number of halogens is 1. The van der Waals surface area contributed by atoms with Crippen molar-refractivity contribution in [3.8, 4) is 11.5 Å². The molecule has 1 amide bonds. The Morgan fingerprint density at radius 3 is 2.45 bits per heavy atom. The van der Waals surface area contributed by atoms with Crippen LogP contribution in [0.3, 0.4) is 0 Å². The molecule has 0 aliphatic rings. The summed E-state index contributed by atoms with van der Waals surface area (Å²) in [5.41, 5.74) is 0.604. The third-order valence-electron chi connectivity index (χ3n) is 4.32. The van der Waals surface area contributed by atoms with Crippen molar-refractivity contribution in [3.63, 3.8) is 0 Å². The largest absolute Gasteiger partial charge is 0.497 e. The van der Waals surface area contributed by atoms with E-state index < -0.39 is 10.0 Å². The van der Waals surface area contributed by atoms with Gasteiger partial charge in [0.05, 0.1) is 30.2 Å². The maximum absolute atomic E-state index is 13.0. The van der Waals surface area contributed by atoms with Gasteiger partial charge in [0.1, 0.15) is 11.5 Å². The van der Waals surface area contributed by atoms with E-state index in [4.69, 9.17) is 21.1 Å². The van der Waals surface area contributed by atoms with E-state index >= 15 is 0 Å². The Morgan fingerprint density at radius 2 is 1.86 bits per heavy atom. The number of amides is 1. The van der Waals surface area contributed by atoms with Crippen LogP contribution in [0.5, 0.6) is 11.5 Å². The van der Waals surface area contributed by atoms with E-state index in [1.54, 1.807) is 38.2 Å². The number of carbonyl (C=O) groups is 1. The zero-order valence-electron chi connectivity index (χ0n) is 16.9. The molecule has 0 aromatic heterocycles. The van der Waals surface area contributed by atoms with E-state index in [0.29, 0.717) is 23.8 Å². The quantitative estimate of drug-likeness (QED) is 0.597. The summed E-state index contributed by atoms with van der Waals surface area (Å²) in [5, 5.41) is 0.198. The van der Waals surface area contributed by atoms with E-state index in [1.807, 2.05) is 6.92 Å². The van der Waals surface area contributed by atoms with Crippen molar-refractivity contribution < 1.29 is 22.7 Å². The van der Waals surface area contributed by atoms with Crippen LogP contribution >= 0.6 is 11.6 Å². The Hall–Kier alpha value is -2.29. The summed E-state index contributed by atoms with van der Waals surface area (Å²) < 4.78 is 37.7. The number of ether oxygens (including phenoxy) is 2. The molecule has 2 aromatic carbocycles. The van der Waals surface area contributed by atoms with Crippen LogP contribution in [0.2, 0.25) is 5.02 Å². The van der Waals surface area contributed by atoms with Crippen molar-refractivity contribution in [2.45, 2.75) is 18.7 Å². The van der Waals surface area contributed by atoms with Gasteiger partial charge in [-0.05, 0) is 37.3 Å². The minimum Gasteiger partial charge on any atom is -0.497 e.